The highest BCUT2D eigenvalue weighted by Gasteiger charge is 2.05. The summed E-state index contributed by atoms with van der Waals surface area (Å²) < 4.78 is 0. The van der Waals surface area contributed by atoms with E-state index in [1.54, 1.807) is 13.0 Å². The molecule has 0 amide bonds. The van der Waals surface area contributed by atoms with Crippen molar-refractivity contribution >= 4 is 5.70 Å². The Kier molecular flexibility index (Phi) is 3.31. The van der Waals surface area contributed by atoms with Gasteiger partial charge in [0.15, 0.2) is 0 Å². The number of rotatable bonds is 2. The van der Waals surface area contributed by atoms with E-state index in [0.29, 0.717) is 5.70 Å². The quantitative estimate of drug-likeness (QED) is 0.751. The Morgan fingerprint density at radius 3 is 2.29 bits per heavy atom. The van der Waals surface area contributed by atoms with Crippen LogP contribution in [-0.2, 0) is 0 Å². The molecule has 0 saturated carbocycles. The molecule has 0 spiro atoms. The SMILES string of the molecule is Cc1cccc(C)c1/C(N)=C/C(C)O. The van der Waals surface area contributed by atoms with Gasteiger partial charge in [-0.05, 0) is 38.0 Å². The predicted octanol–water partition coefficient (Wildman–Crippen LogP) is 1.98. The van der Waals surface area contributed by atoms with Crippen LogP contribution in [-0.4, -0.2) is 11.2 Å². The van der Waals surface area contributed by atoms with Gasteiger partial charge >= 0.3 is 0 Å². The van der Waals surface area contributed by atoms with Crippen molar-refractivity contribution in [1.82, 2.24) is 0 Å². The van der Waals surface area contributed by atoms with Crippen molar-refractivity contribution in [2.75, 3.05) is 0 Å². The maximum Gasteiger partial charge on any atom is 0.0715 e. The zero-order valence-electron chi connectivity index (χ0n) is 8.91. The minimum Gasteiger partial charge on any atom is -0.398 e. The van der Waals surface area contributed by atoms with E-state index in [0.717, 1.165) is 16.7 Å². The normalized spacial score (nSPS) is 14.1. The maximum atomic E-state index is 9.21. The van der Waals surface area contributed by atoms with E-state index in [4.69, 9.17) is 5.73 Å². The van der Waals surface area contributed by atoms with Gasteiger partial charge in [-0.25, -0.2) is 0 Å². The van der Waals surface area contributed by atoms with Gasteiger partial charge in [-0.2, -0.15) is 0 Å². The van der Waals surface area contributed by atoms with Crippen LogP contribution in [0.5, 0.6) is 0 Å². The second-order valence-corrected chi connectivity index (χ2v) is 3.63. The molecule has 0 bridgehead atoms. The molecular weight excluding hydrogens is 174 g/mol. The Bertz CT molecular complexity index is 333. The van der Waals surface area contributed by atoms with E-state index in [2.05, 4.69) is 0 Å². The molecule has 2 nitrogen and oxygen atoms in total. The summed E-state index contributed by atoms with van der Waals surface area (Å²) in [4.78, 5) is 0. The van der Waals surface area contributed by atoms with Gasteiger partial charge in [-0.3, -0.25) is 0 Å². The molecular formula is C12H17NO. The number of aliphatic hydroxyl groups is 1. The van der Waals surface area contributed by atoms with E-state index < -0.39 is 6.10 Å². The van der Waals surface area contributed by atoms with E-state index >= 15 is 0 Å². The van der Waals surface area contributed by atoms with Gasteiger partial charge in [0.25, 0.3) is 0 Å². The summed E-state index contributed by atoms with van der Waals surface area (Å²) in [5.74, 6) is 0. The van der Waals surface area contributed by atoms with Crippen LogP contribution in [0, 0.1) is 13.8 Å². The average Bonchev–Trinajstić information content (AvgIpc) is 2.01. The van der Waals surface area contributed by atoms with Crippen LogP contribution in [0.25, 0.3) is 5.70 Å². The zero-order chi connectivity index (χ0) is 10.7. The molecule has 0 fully saturated rings. The van der Waals surface area contributed by atoms with Crippen LogP contribution in [0.3, 0.4) is 0 Å². The Hall–Kier alpha value is -1.28. The molecule has 0 radical (unpaired) electrons. The molecule has 0 saturated heterocycles. The fourth-order valence-electron chi connectivity index (χ4n) is 1.61. The van der Waals surface area contributed by atoms with Crippen molar-refractivity contribution in [3.8, 4) is 0 Å². The summed E-state index contributed by atoms with van der Waals surface area (Å²) in [6.07, 6.45) is 1.16. The molecule has 1 unspecified atom stereocenters. The molecule has 2 heteroatoms. The van der Waals surface area contributed by atoms with Gasteiger partial charge in [0, 0.05) is 11.3 Å². The number of nitrogens with two attached hydrogens (primary N) is 1. The van der Waals surface area contributed by atoms with Gasteiger partial charge in [-0.15, -0.1) is 0 Å². The van der Waals surface area contributed by atoms with Crippen LogP contribution in [0.2, 0.25) is 0 Å². The molecule has 0 aliphatic heterocycles. The van der Waals surface area contributed by atoms with E-state index in [1.165, 1.54) is 0 Å². The third-order valence-electron chi connectivity index (χ3n) is 2.19. The van der Waals surface area contributed by atoms with Gasteiger partial charge in [-0.1, -0.05) is 18.2 Å². The summed E-state index contributed by atoms with van der Waals surface area (Å²) in [5.41, 5.74) is 9.86. The average molecular weight is 191 g/mol. The predicted molar refractivity (Wildman–Crippen MR) is 59.8 cm³/mol. The molecule has 1 aromatic carbocycles. The zero-order valence-corrected chi connectivity index (χ0v) is 8.91. The van der Waals surface area contributed by atoms with Crippen LogP contribution in [0.1, 0.15) is 23.6 Å². The Balaban J connectivity index is 3.18. The molecule has 3 N–H and O–H groups in total. The maximum absolute atomic E-state index is 9.21. The minimum atomic E-state index is -0.506. The third-order valence-corrected chi connectivity index (χ3v) is 2.19. The highest BCUT2D eigenvalue weighted by molar-refractivity contribution is 5.68. The first-order valence-electron chi connectivity index (χ1n) is 4.74. The lowest BCUT2D eigenvalue weighted by molar-refractivity contribution is 0.244. The minimum absolute atomic E-state index is 0.506. The first-order chi connectivity index (χ1) is 6.52. The summed E-state index contributed by atoms with van der Waals surface area (Å²) in [7, 11) is 0. The molecule has 0 aliphatic carbocycles. The van der Waals surface area contributed by atoms with Crippen LogP contribution in [0.4, 0.5) is 0 Å². The fourth-order valence-corrected chi connectivity index (χ4v) is 1.61. The highest BCUT2D eigenvalue weighted by atomic mass is 16.3. The number of benzene rings is 1. The number of aryl methyl sites for hydroxylation is 2. The topological polar surface area (TPSA) is 46.2 Å². The van der Waals surface area contributed by atoms with Crippen molar-refractivity contribution in [2.24, 2.45) is 5.73 Å². The van der Waals surface area contributed by atoms with Crippen molar-refractivity contribution in [3.63, 3.8) is 0 Å². The molecule has 14 heavy (non-hydrogen) atoms. The summed E-state index contributed by atoms with van der Waals surface area (Å²) >= 11 is 0. The van der Waals surface area contributed by atoms with E-state index in [9.17, 15) is 5.11 Å². The van der Waals surface area contributed by atoms with Crippen LogP contribution >= 0.6 is 0 Å². The standard InChI is InChI=1S/C12H17NO/c1-8-5-4-6-9(2)12(8)11(13)7-10(3)14/h4-7,10,14H,13H2,1-3H3/b11-7-. The van der Waals surface area contributed by atoms with E-state index in [-0.39, 0.29) is 0 Å². The van der Waals surface area contributed by atoms with Crippen molar-refractivity contribution in [3.05, 3.63) is 41.0 Å². The summed E-state index contributed by atoms with van der Waals surface area (Å²) in [6, 6.07) is 6.04. The molecule has 1 atom stereocenters. The fraction of sp³-hybridized carbons (Fsp3) is 0.333. The van der Waals surface area contributed by atoms with Crippen molar-refractivity contribution in [2.45, 2.75) is 26.9 Å². The molecule has 0 heterocycles. The molecule has 0 aliphatic rings. The number of hydrogen-bond acceptors (Lipinski definition) is 2. The first kappa shape index (κ1) is 10.8. The molecule has 0 aromatic heterocycles. The first-order valence-corrected chi connectivity index (χ1v) is 4.74. The Morgan fingerprint density at radius 1 is 1.36 bits per heavy atom. The van der Waals surface area contributed by atoms with Crippen molar-refractivity contribution < 1.29 is 5.11 Å². The Labute approximate surface area is 85.1 Å². The lowest BCUT2D eigenvalue weighted by Crippen LogP contribution is -2.05. The highest BCUT2D eigenvalue weighted by Crippen LogP contribution is 2.19. The summed E-state index contributed by atoms with van der Waals surface area (Å²) in [5, 5.41) is 9.21. The van der Waals surface area contributed by atoms with Crippen LogP contribution in [0.15, 0.2) is 24.3 Å². The third kappa shape index (κ3) is 2.36. The van der Waals surface area contributed by atoms with Crippen LogP contribution < -0.4 is 5.73 Å². The molecule has 76 valence electrons. The second-order valence-electron chi connectivity index (χ2n) is 3.63. The molecule has 1 rings (SSSR count). The lowest BCUT2D eigenvalue weighted by atomic mass is 9.99. The summed E-state index contributed by atoms with van der Waals surface area (Å²) in [6.45, 7) is 5.73. The number of aliphatic hydroxyl groups excluding tert-OH is 1. The molecule has 1 aromatic rings. The largest absolute Gasteiger partial charge is 0.398 e. The van der Waals surface area contributed by atoms with Crippen molar-refractivity contribution in [1.29, 1.82) is 0 Å². The Morgan fingerprint density at radius 2 is 1.86 bits per heavy atom. The second kappa shape index (κ2) is 4.29. The smallest absolute Gasteiger partial charge is 0.0715 e. The van der Waals surface area contributed by atoms with Gasteiger partial charge in [0.2, 0.25) is 0 Å². The number of hydrogen-bond donors (Lipinski definition) is 2. The van der Waals surface area contributed by atoms with E-state index in [1.807, 2.05) is 32.0 Å². The van der Waals surface area contributed by atoms with Gasteiger partial charge in [0.05, 0.1) is 6.10 Å². The van der Waals surface area contributed by atoms with Gasteiger partial charge in [0.1, 0.15) is 0 Å². The monoisotopic (exact) mass is 191 g/mol. The lowest BCUT2D eigenvalue weighted by Gasteiger charge is -2.10. The van der Waals surface area contributed by atoms with Gasteiger partial charge < -0.3 is 10.8 Å².